The van der Waals surface area contributed by atoms with Gasteiger partial charge in [-0.2, -0.15) is 13.2 Å². The molecule has 0 saturated heterocycles. The van der Waals surface area contributed by atoms with Crippen LogP contribution >= 0.6 is 0 Å². The Morgan fingerprint density at radius 3 is 2.62 bits per heavy atom. The molecule has 0 amide bonds. The van der Waals surface area contributed by atoms with E-state index in [1.54, 1.807) is 24.4 Å². The number of methoxy groups -OCH3 is 1. The van der Waals surface area contributed by atoms with E-state index in [0.717, 1.165) is 18.5 Å². The molecule has 0 bridgehead atoms. The summed E-state index contributed by atoms with van der Waals surface area (Å²) in [6.07, 6.45) is 0.615. The second-order valence-corrected chi connectivity index (χ2v) is 6.33. The molecule has 0 fully saturated rings. The number of allylic oxidation sites excluding steroid dienone is 1. The van der Waals surface area contributed by atoms with E-state index in [0.29, 0.717) is 46.3 Å². The summed E-state index contributed by atoms with van der Waals surface area (Å²) in [4.78, 5) is 15.0. The third kappa shape index (κ3) is 5.39. The van der Waals surface area contributed by atoms with Gasteiger partial charge in [0, 0.05) is 17.8 Å². The molecule has 1 N–H and O–H groups in total. The monoisotopic (exact) mass is 446 g/mol. The van der Waals surface area contributed by atoms with Gasteiger partial charge in [0.05, 0.1) is 36.5 Å². The number of halogens is 4. The number of nitrogens with zero attached hydrogens (tertiary/aromatic N) is 3. The molecule has 0 radical (unpaired) electrons. The molecule has 0 spiro atoms. The standard InChI is InChI=1S/C22H18F4N4O2/c1-3-18(27-9-8-23)21-29-12-19(30-21)17-7-6-16(10-20(17)31-2)32-13-15-5-4-14(11-28-15)22(24,25)26/h3-12H,1,13H2,2H3,(H,29,30)/b9-8+,27-18?. The smallest absolute Gasteiger partial charge is 0.417 e. The summed E-state index contributed by atoms with van der Waals surface area (Å²) in [5.74, 6) is 1.30. The van der Waals surface area contributed by atoms with Gasteiger partial charge in [-0.05, 0) is 30.3 Å². The predicted molar refractivity (Wildman–Crippen MR) is 111 cm³/mol. The summed E-state index contributed by atoms with van der Waals surface area (Å²) in [6, 6.07) is 7.26. The van der Waals surface area contributed by atoms with Crippen molar-refractivity contribution in [3.8, 4) is 22.8 Å². The molecule has 3 rings (SSSR count). The van der Waals surface area contributed by atoms with Gasteiger partial charge < -0.3 is 14.5 Å². The summed E-state index contributed by atoms with van der Waals surface area (Å²) in [7, 11) is 1.49. The lowest BCUT2D eigenvalue weighted by molar-refractivity contribution is -0.137. The Hall–Kier alpha value is -3.95. The van der Waals surface area contributed by atoms with Crippen LogP contribution in [0, 0.1) is 0 Å². The molecule has 6 nitrogen and oxygen atoms in total. The number of ether oxygens (including phenoxy) is 2. The third-order valence-corrected chi connectivity index (χ3v) is 4.28. The molecule has 0 aliphatic carbocycles. The van der Waals surface area contributed by atoms with E-state index in [9.17, 15) is 17.6 Å². The van der Waals surface area contributed by atoms with Crippen LogP contribution in [-0.4, -0.2) is 27.8 Å². The normalized spacial score (nSPS) is 12.2. The van der Waals surface area contributed by atoms with Crippen LogP contribution in [0.1, 0.15) is 17.1 Å². The molecule has 0 unspecified atom stereocenters. The van der Waals surface area contributed by atoms with Crippen LogP contribution in [0.4, 0.5) is 17.6 Å². The zero-order chi connectivity index (χ0) is 23.1. The molecule has 0 saturated carbocycles. The number of alkyl halides is 3. The van der Waals surface area contributed by atoms with E-state index in [2.05, 4.69) is 26.5 Å². The molecule has 10 heteroatoms. The van der Waals surface area contributed by atoms with E-state index >= 15 is 0 Å². The molecule has 32 heavy (non-hydrogen) atoms. The number of pyridine rings is 1. The number of hydrogen-bond acceptors (Lipinski definition) is 5. The van der Waals surface area contributed by atoms with Crippen LogP contribution < -0.4 is 9.47 Å². The average Bonchev–Trinajstić information content (AvgIpc) is 3.27. The first-order chi connectivity index (χ1) is 15.4. The molecular formula is C22H18F4N4O2. The van der Waals surface area contributed by atoms with Gasteiger partial charge in [0.25, 0.3) is 0 Å². The van der Waals surface area contributed by atoms with Crippen molar-refractivity contribution in [3.05, 3.63) is 85.0 Å². The van der Waals surface area contributed by atoms with Crippen LogP contribution in [-0.2, 0) is 12.8 Å². The SMILES string of the molecule is C=CC(=N/C=C/F)c1ncc(-c2ccc(OCc3ccc(C(F)(F)F)cn3)cc2OC)[nH]1. The van der Waals surface area contributed by atoms with E-state index < -0.39 is 11.7 Å². The average molecular weight is 446 g/mol. The Morgan fingerprint density at radius 2 is 2.00 bits per heavy atom. The van der Waals surface area contributed by atoms with Crippen molar-refractivity contribution in [2.45, 2.75) is 12.8 Å². The van der Waals surface area contributed by atoms with Crippen molar-refractivity contribution in [1.82, 2.24) is 15.0 Å². The zero-order valence-corrected chi connectivity index (χ0v) is 16.9. The molecule has 166 valence electrons. The van der Waals surface area contributed by atoms with Gasteiger partial charge in [0.2, 0.25) is 0 Å². The fourth-order valence-corrected chi connectivity index (χ4v) is 2.73. The van der Waals surface area contributed by atoms with Gasteiger partial charge in [0.1, 0.15) is 30.1 Å². The maximum Gasteiger partial charge on any atom is 0.417 e. The second kappa shape index (κ2) is 9.90. The summed E-state index contributed by atoms with van der Waals surface area (Å²) in [5, 5.41) is 0. The van der Waals surface area contributed by atoms with Crippen molar-refractivity contribution in [2.75, 3.05) is 7.11 Å². The molecular weight excluding hydrogens is 428 g/mol. The lowest BCUT2D eigenvalue weighted by atomic mass is 10.1. The Morgan fingerprint density at radius 1 is 1.19 bits per heavy atom. The summed E-state index contributed by atoms with van der Waals surface area (Å²) in [6.45, 7) is 3.61. The van der Waals surface area contributed by atoms with Gasteiger partial charge in [-0.1, -0.05) is 6.58 Å². The van der Waals surface area contributed by atoms with Crippen LogP contribution in [0.3, 0.4) is 0 Å². The molecule has 2 heterocycles. The quantitative estimate of drug-likeness (QED) is 0.367. The molecule has 0 aliphatic rings. The number of hydrogen-bond donors (Lipinski definition) is 1. The van der Waals surface area contributed by atoms with Gasteiger partial charge in [-0.3, -0.25) is 9.98 Å². The molecule has 0 atom stereocenters. The van der Waals surface area contributed by atoms with Crippen LogP contribution in [0.15, 0.2) is 72.9 Å². The van der Waals surface area contributed by atoms with E-state index in [-0.39, 0.29) is 6.61 Å². The van der Waals surface area contributed by atoms with Crippen LogP contribution in [0.5, 0.6) is 11.5 Å². The van der Waals surface area contributed by atoms with Crippen molar-refractivity contribution < 1.29 is 27.0 Å². The van der Waals surface area contributed by atoms with E-state index in [1.165, 1.54) is 19.3 Å². The fourth-order valence-electron chi connectivity index (χ4n) is 2.73. The van der Waals surface area contributed by atoms with Gasteiger partial charge in [-0.15, -0.1) is 0 Å². The van der Waals surface area contributed by atoms with Gasteiger partial charge in [0.15, 0.2) is 5.82 Å². The minimum atomic E-state index is -4.44. The first-order valence-corrected chi connectivity index (χ1v) is 9.20. The Kier molecular flexibility index (Phi) is 7.04. The highest BCUT2D eigenvalue weighted by molar-refractivity contribution is 6.06. The van der Waals surface area contributed by atoms with Crippen LogP contribution in [0.25, 0.3) is 11.3 Å². The van der Waals surface area contributed by atoms with Crippen molar-refractivity contribution in [3.63, 3.8) is 0 Å². The summed E-state index contributed by atoms with van der Waals surface area (Å²) in [5.41, 5.74) is 1.17. The predicted octanol–water partition coefficient (Wildman–Crippen LogP) is 5.49. The third-order valence-electron chi connectivity index (χ3n) is 4.28. The number of aromatic nitrogens is 3. The maximum atomic E-state index is 12.6. The van der Waals surface area contributed by atoms with Crippen molar-refractivity contribution in [2.24, 2.45) is 4.99 Å². The fraction of sp³-hybridized carbons (Fsp3) is 0.136. The van der Waals surface area contributed by atoms with Crippen molar-refractivity contribution >= 4 is 5.71 Å². The Balaban J connectivity index is 1.76. The molecule has 2 aromatic heterocycles. The Labute approximate surface area is 181 Å². The lowest BCUT2D eigenvalue weighted by Gasteiger charge is -2.11. The lowest BCUT2D eigenvalue weighted by Crippen LogP contribution is -2.06. The second-order valence-electron chi connectivity index (χ2n) is 6.33. The number of rotatable bonds is 8. The van der Waals surface area contributed by atoms with Gasteiger partial charge in [-0.25, -0.2) is 9.37 Å². The van der Waals surface area contributed by atoms with Crippen LogP contribution in [0.2, 0.25) is 0 Å². The largest absolute Gasteiger partial charge is 0.496 e. The molecule has 0 aliphatic heterocycles. The first kappa shape index (κ1) is 22.7. The first-order valence-electron chi connectivity index (χ1n) is 9.20. The zero-order valence-electron chi connectivity index (χ0n) is 16.9. The topological polar surface area (TPSA) is 72.4 Å². The molecule has 3 aromatic rings. The highest BCUT2D eigenvalue weighted by atomic mass is 19.4. The van der Waals surface area contributed by atoms with Crippen molar-refractivity contribution in [1.29, 1.82) is 0 Å². The Bertz CT molecular complexity index is 1140. The minimum Gasteiger partial charge on any atom is -0.496 e. The summed E-state index contributed by atoms with van der Waals surface area (Å²) >= 11 is 0. The highest BCUT2D eigenvalue weighted by Crippen LogP contribution is 2.33. The number of benzene rings is 1. The number of aliphatic imine (C=N–C) groups is 1. The van der Waals surface area contributed by atoms with E-state index in [4.69, 9.17) is 9.47 Å². The number of nitrogens with one attached hydrogen (secondary N) is 1. The van der Waals surface area contributed by atoms with Gasteiger partial charge >= 0.3 is 6.18 Å². The summed E-state index contributed by atoms with van der Waals surface area (Å²) < 4.78 is 61.2. The maximum absolute atomic E-state index is 12.6. The minimum absolute atomic E-state index is 0.0178. The van der Waals surface area contributed by atoms with E-state index in [1.807, 2.05) is 0 Å². The number of aromatic amines is 1. The molecule has 1 aromatic carbocycles. The highest BCUT2D eigenvalue weighted by Gasteiger charge is 2.30. The number of imidazole rings is 1. The number of H-pyrrole nitrogens is 1.